The number of likely N-dealkylation sites (tertiary alicyclic amines) is 4. The molecule has 5 aromatic rings. The summed E-state index contributed by atoms with van der Waals surface area (Å²) in [5.41, 5.74) is 1.75. The van der Waals surface area contributed by atoms with Crippen molar-refractivity contribution in [1.82, 2.24) is 40.2 Å². The van der Waals surface area contributed by atoms with Gasteiger partial charge in [0, 0.05) is 102 Å². The van der Waals surface area contributed by atoms with Crippen molar-refractivity contribution in [3.8, 4) is 22.9 Å². The molecule has 4 aliphatic heterocycles. The molecule has 4 aromatic carbocycles. The average molecular weight is 1060 g/mol. The lowest BCUT2D eigenvalue weighted by atomic mass is 9.88. The van der Waals surface area contributed by atoms with Gasteiger partial charge in [-0.05, 0) is 105 Å². The van der Waals surface area contributed by atoms with E-state index in [1.807, 2.05) is 35.2 Å². The highest BCUT2D eigenvalue weighted by Crippen LogP contribution is 2.32. The van der Waals surface area contributed by atoms with Crippen LogP contribution in [0, 0.1) is 5.92 Å². The molecule has 21 heteroatoms. The Morgan fingerprint density at radius 1 is 0.657 bits per heavy atom. The van der Waals surface area contributed by atoms with Gasteiger partial charge in [-0.3, -0.25) is 24.2 Å². The van der Waals surface area contributed by atoms with Crippen molar-refractivity contribution in [1.29, 1.82) is 0 Å². The normalized spacial score (nSPS) is 20.1. The Bertz CT molecular complexity index is 2740. The summed E-state index contributed by atoms with van der Waals surface area (Å²) in [6, 6.07) is 24.1. The van der Waals surface area contributed by atoms with Crippen molar-refractivity contribution in [2.45, 2.75) is 74.1 Å². The first-order chi connectivity index (χ1) is 33.6. The quantitative estimate of drug-likeness (QED) is 0.128. The molecule has 9 rings (SSSR count). The standard InChI is InChI=1S/C25H28Cl2N2O6S.C24H26Cl2N6O2.2H2/c1-36(33,34)19-4-2-3-16(13-19)24(30)29-12-9-23(20(15-29)25(31)32)28-10-7-17(8-11-28)35-18-5-6-21(26)22(27)14-18;25-21-6-5-20(15-22(21)26)34-19-9-13-31(14-10-19)18-7-11-32(12-8-18)24(33)17-3-1-16(2-4-17)23-27-29-30-28-23;;/h2-6,13-14,17,20,23H,7-12,15H2,1H3,(H,31,32);1-6,15,18-19H,7-14H2,(H,27,28,29,30);2*1H/t20-,23-;;;/m1.../s1. The van der Waals surface area contributed by atoms with Crippen molar-refractivity contribution < 1.29 is 40.2 Å². The molecule has 0 unspecified atom stereocenters. The summed E-state index contributed by atoms with van der Waals surface area (Å²) in [5, 5.41) is 25.9. The number of carboxylic acid groups (broad SMARTS) is 1. The van der Waals surface area contributed by atoms with Gasteiger partial charge < -0.3 is 24.4 Å². The Morgan fingerprint density at radius 2 is 1.21 bits per heavy atom. The Kier molecular flexibility index (Phi) is 16.9. The zero-order valence-electron chi connectivity index (χ0n) is 38.4. The number of carbonyl (C=O) groups excluding carboxylic acids is 2. The van der Waals surface area contributed by atoms with Crippen LogP contribution in [0.25, 0.3) is 11.4 Å². The van der Waals surface area contributed by atoms with Crippen LogP contribution in [0.3, 0.4) is 0 Å². The van der Waals surface area contributed by atoms with E-state index in [0.717, 1.165) is 82.3 Å². The highest BCUT2D eigenvalue weighted by atomic mass is 35.5. The number of nitrogens with zero attached hydrogens (tertiary/aromatic N) is 7. The number of rotatable bonds is 11. The number of H-pyrrole nitrogens is 1. The predicted molar refractivity (Wildman–Crippen MR) is 271 cm³/mol. The summed E-state index contributed by atoms with van der Waals surface area (Å²) in [6.07, 6.45) is 7.20. The second-order valence-corrected chi connectivity index (χ2v) is 21.7. The molecule has 376 valence electrons. The van der Waals surface area contributed by atoms with Crippen molar-refractivity contribution >= 4 is 74.0 Å². The molecule has 4 fully saturated rings. The van der Waals surface area contributed by atoms with E-state index in [2.05, 4.69) is 30.4 Å². The molecule has 1 aromatic heterocycles. The molecule has 70 heavy (non-hydrogen) atoms. The maximum absolute atomic E-state index is 13.1. The fourth-order valence-corrected chi connectivity index (χ4v) is 10.9. The second-order valence-electron chi connectivity index (χ2n) is 18.0. The third-order valence-electron chi connectivity index (χ3n) is 13.5. The number of ether oxygens (including phenoxy) is 2. The van der Waals surface area contributed by atoms with Crippen molar-refractivity contribution in [2.24, 2.45) is 5.92 Å². The van der Waals surface area contributed by atoms with E-state index >= 15 is 0 Å². The van der Waals surface area contributed by atoms with Crippen LogP contribution in [0.15, 0.2) is 89.8 Å². The molecule has 0 aliphatic carbocycles. The van der Waals surface area contributed by atoms with E-state index in [4.69, 9.17) is 55.9 Å². The number of piperidine rings is 4. The number of halogens is 4. The molecular formula is C49H58Cl4N8O8S. The molecule has 0 radical (unpaired) electrons. The molecular weight excluding hydrogens is 1000 g/mol. The summed E-state index contributed by atoms with van der Waals surface area (Å²) in [7, 11) is -3.46. The van der Waals surface area contributed by atoms with Crippen molar-refractivity contribution in [3.63, 3.8) is 0 Å². The smallest absolute Gasteiger partial charge is 0.309 e. The largest absolute Gasteiger partial charge is 0.490 e. The van der Waals surface area contributed by atoms with Gasteiger partial charge in [-0.25, -0.2) is 8.42 Å². The predicted octanol–water partition coefficient (Wildman–Crippen LogP) is 8.67. The Morgan fingerprint density at radius 3 is 1.74 bits per heavy atom. The first-order valence-electron chi connectivity index (χ1n) is 23.3. The molecule has 0 spiro atoms. The molecule has 2 amide bonds. The van der Waals surface area contributed by atoms with Crippen molar-refractivity contribution in [2.75, 3.05) is 58.6 Å². The minimum atomic E-state index is -3.46. The molecule has 16 nitrogen and oxygen atoms in total. The summed E-state index contributed by atoms with van der Waals surface area (Å²) >= 11 is 24.1. The van der Waals surface area contributed by atoms with Crippen LogP contribution in [0.1, 0.15) is 68.5 Å². The zero-order valence-corrected chi connectivity index (χ0v) is 42.3. The van der Waals surface area contributed by atoms with Gasteiger partial charge in [-0.1, -0.05) is 64.6 Å². The number of carbonyl (C=O) groups is 3. The molecule has 2 atom stereocenters. The number of aliphatic carboxylic acids is 1. The van der Waals surface area contributed by atoms with Crippen molar-refractivity contribution in [3.05, 3.63) is 116 Å². The lowest BCUT2D eigenvalue weighted by Gasteiger charge is -2.44. The Hall–Kier alpha value is -5.01. The van der Waals surface area contributed by atoms with Gasteiger partial charge >= 0.3 is 5.97 Å². The van der Waals surface area contributed by atoms with Crippen LogP contribution in [-0.2, 0) is 14.6 Å². The SMILES string of the molecule is CS(=O)(=O)c1cccc(C(=O)N2CC[C@@H](N3CCC(Oc4ccc(Cl)c(Cl)c4)CC3)[C@H](C(=O)O)C2)c1.O=C(c1ccc(-c2nn[nH]n2)cc1)N1CCC(N2CCC(Oc3ccc(Cl)c(Cl)c3)CC2)CC1.[HH].[HH]. The highest BCUT2D eigenvalue weighted by Gasteiger charge is 2.41. The maximum atomic E-state index is 13.1. The monoisotopic (exact) mass is 1060 g/mol. The topological polar surface area (TPSA) is 191 Å². The Labute approximate surface area is 430 Å². The van der Waals surface area contributed by atoms with Crippen LogP contribution >= 0.6 is 46.4 Å². The van der Waals surface area contributed by atoms with Gasteiger partial charge in [0.1, 0.15) is 23.7 Å². The molecule has 5 heterocycles. The number of aromatic nitrogens is 4. The number of tetrazole rings is 1. The lowest BCUT2D eigenvalue weighted by molar-refractivity contribution is -0.146. The van der Waals surface area contributed by atoms with Gasteiger partial charge in [0.25, 0.3) is 11.8 Å². The van der Waals surface area contributed by atoms with Crippen LogP contribution in [-0.4, -0.2) is 154 Å². The second kappa shape index (κ2) is 23.0. The zero-order chi connectivity index (χ0) is 49.5. The Balaban J connectivity index is 0.000000229. The van der Waals surface area contributed by atoms with Crippen LogP contribution in [0.2, 0.25) is 20.1 Å². The number of carboxylic acids is 1. The number of aromatic amines is 1. The highest BCUT2D eigenvalue weighted by molar-refractivity contribution is 7.90. The first kappa shape index (κ1) is 51.3. The first-order valence-corrected chi connectivity index (χ1v) is 26.7. The number of nitrogens with one attached hydrogen (secondary N) is 1. The molecule has 4 aliphatic rings. The summed E-state index contributed by atoms with van der Waals surface area (Å²) in [5.74, 6) is -0.0374. The number of hydrogen-bond acceptors (Lipinski definition) is 12. The third kappa shape index (κ3) is 12.9. The van der Waals surface area contributed by atoms with E-state index < -0.39 is 21.7 Å². The van der Waals surface area contributed by atoms with Gasteiger partial charge in [-0.2, -0.15) is 5.21 Å². The van der Waals surface area contributed by atoms with E-state index in [0.29, 0.717) is 69.3 Å². The van der Waals surface area contributed by atoms with Gasteiger partial charge in [0.2, 0.25) is 5.82 Å². The fourth-order valence-electron chi connectivity index (χ4n) is 9.68. The number of sulfone groups is 1. The van der Waals surface area contributed by atoms with Gasteiger partial charge in [-0.15, -0.1) is 10.2 Å². The van der Waals surface area contributed by atoms with Crippen LogP contribution in [0.5, 0.6) is 11.5 Å². The fraction of sp³-hybridized carbons (Fsp3) is 0.429. The number of amides is 2. The third-order valence-corrected chi connectivity index (χ3v) is 16.1. The summed E-state index contributed by atoms with van der Waals surface area (Å²) in [6.45, 7) is 5.39. The van der Waals surface area contributed by atoms with Gasteiger partial charge in [0.05, 0.1) is 30.9 Å². The van der Waals surface area contributed by atoms with E-state index in [-0.39, 0.29) is 49.9 Å². The summed E-state index contributed by atoms with van der Waals surface area (Å²) < 4.78 is 35.9. The van der Waals surface area contributed by atoms with Crippen LogP contribution in [0.4, 0.5) is 0 Å². The maximum Gasteiger partial charge on any atom is 0.309 e. The van der Waals surface area contributed by atoms with E-state index in [9.17, 15) is 27.9 Å². The molecule has 0 bridgehead atoms. The molecule has 2 N–H and O–H groups in total. The lowest BCUT2D eigenvalue weighted by Crippen LogP contribution is -2.56. The number of benzene rings is 4. The number of hydrogen-bond donors (Lipinski definition) is 2. The summed E-state index contributed by atoms with van der Waals surface area (Å²) in [4.78, 5) is 46.5. The van der Waals surface area contributed by atoms with E-state index in [1.165, 1.54) is 23.1 Å². The molecule has 4 saturated heterocycles. The minimum absolute atomic E-state index is 0. The molecule has 0 saturated carbocycles. The van der Waals surface area contributed by atoms with Gasteiger partial charge in [0.15, 0.2) is 9.84 Å². The average Bonchev–Trinajstić information content (AvgIpc) is 3.92. The minimum Gasteiger partial charge on any atom is -0.490 e. The van der Waals surface area contributed by atoms with Crippen LogP contribution < -0.4 is 9.47 Å². The van der Waals surface area contributed by atoms with E-state index in [1.54, 1.807) is 36.4 Å².